The van der Waals surface area contributed by atoms with Crippen molar-refractivity contribution in [2.45, 2.75) is 32.6 Å². The largest absolute Gasteiger partial charge is 0.490 e. The third kappa shape index (κ3) is 5.78. The normalized spacial score (nSPS) is 18.0. The predicted molar refractivity (Wildman–Crippen MR) is 125 cm³/mol. The molecule has 2 saturated heterocycles. The molecule has 0 aromatic heterocycles. The summed E-state index contributed by atoms with van der Waals surface area (Å²) in [5.74, 6) is 2.38. The first-order chi connectivity index (χ1) is 15.4. The van der Waals surface area contributed by atoms with Crippen molar-refractivity contribution < 1.29 is 23.9 Å². The Kier molecular flexibility index (Phi) is 8.48. The maximum atomic E-state index is 12.8. The van der Waals surface area contributed by atoms with Crippen molar-refractivity contribution >= 4 is 46.5 Å². The van der Waals surface area contributed by atoms with Gasteiger partial charge in [0.1, 0.15) is 13.2 Å². The van der Waals surface area contributed by atoms with Crippen molar-refractivity contribution in [2.24, 2.45) is 0 Å². The summed E-state index contributed by atoms with van der Waals surface area (Å²) < 4.78 is 11.1. The minimum atomic E-state index is -0.495. The molecular weight excluding hydrogens is 452 g/mol. The molecule has 0 atom stereocenters. The quantitative estimate of drug-likeness (QED) is 0.434. The molecule has 32 heavy (non-hydrogen) atoms. The van der Waals surface area contributed by atoms with E-state index in [1.807, 2.05) is 6.92 Å². The molecule has 2 heterocycles. The topological polar surface area (TPSA) is 76.2 Å². The van der Waals surface area contributed by atoms with Crippen LogP contribution in [0.4, 0.5) is 4.79 Å². The number of hydrogen-bond acceptors (Lipinski definition) is 6. The van der Waals surface area contributed by atoms with E-state index >= 15 is 0 Å². The number of likely N-dealkylation sites (tertiary alicyclic amines) is 1. The van der Waals surface area contributed by atoms with Gasteiger partial charge in [-0.25, -0.2) is 0 Å². The van der Waals surface area contributed by atoms with Gasteiger partial charge in [-0.2, -0.15) is 0 Å². The van der Waals surface area contributed by atoms with Crippen molar-refractivity contribution in [3.05, 3.63) is 27.6 Å². The minimum absolute atomic E-state index is 0.0308. The lowest BCUT2D eigenvalue weighted by molar-refractivity contribution is -0.135. The number of carbonyl (C=O) groups is 3. The average molecular weight is 477 g/mol. The monoisotopic (exact) mass is 476 g/mol. The van der Waals surface area contributed by atoms with Gasteiger partial charge in [0.05, 0.1) is 16.5 Å². The highest BCUT2D eigenvalue weighted by Gasteiger charge is 2.37. The maximum Gasteiger partial charge on any atom is 0.294 e. The van der Waals surface area contributed by atoms with E-state index in [1.165, 1.54) is 0 Å². The standard InChI is InChI=1S/C23H25ClN2O5S/c1-3-11-31-21-17(24)12-16(13-18(21)30-4-2)14-19-22(28)26(23(29)32-19)15-20(27)25-9-7-5-6-8-10-25/h1,12-14H,4-11,15H2,2H3. The molecule has 0 unspecified atom stereocenters. The third-order valence-corrected chi connectivity index (χ3v) is 6.24. The van der Waals surface area contributed by atoms with Crippen LogP contribution in [0, 0.1) is 12.3 Å². The fourth-order valence-corrected chi connectivity index (χ4v) is 4.64. The molecule has 7 nitrogen and oxygen atoms in total. The molecule has 0 spiro atoms. The second kappa shape index (κ2) is 11.3. The molecule has 2 aliphatic heterocycles. The van der Waals surface area contributed by atoms with E-state index < -0.39 is 11.1 Å². The molecule has 1 aromatic rings. The number of benzene rings is 1. The number of hydrogen-bond donors (Lipinski definition) is 0. The van der Waals surface area contributed by atoms with Gasteiger partial charge in [-0.15, -0.1) is 6.42 Å². The van der Waals surface area contributed by atoms with Crippen LogP contribution in [0.25, 0.3) is 6.08 Å². The highest BCUT2D eigenvalue weighted by Crippen LogP contribution is 2.39. The van der Waals surface area contributed by atoms with Gasteiger partial charge >= 0.3 is 0 Å². The summed E-state index contributed by atoms with van der Waals surface area (Å²) >= 11 is 7.13. The van der Waals surface area contributed by atoms with Crippen LogP contribution in [-0.4, -0.2) is 59.7 Å². The molecule has 2 fully saturated rings. The molecule has 170 valence electrons. The molecule has 3 amide bonds. The van der Waals surface area contributed by atoms with Gasteiger partial charge < -0.3 is 14.4 Å². The lowest BCUT2D eigenvalue weighted by atomic mass is 10.1. The van der Waals surface area contributed by atoms with E-state index in [1.54, 1.807) is 23.1 Å². The summed E-state index contributed by atoms with van der Waals surface area (Å²) in [6, 6.07) is 3.27. The van der Waals surface area contributed by atoms with Crippen LogP contribution in [0.15, 0.2) is 17.0 Å². The van der Waals surface area contributed by atoms with Gasteiger partial charge in [0.25, 0.3) is 11.1 Å². The van der Waals surface area contributed by atoms with Crippen LogP contribution >= 0.6 is 23.4 Å². The smallest absolute Gasteiger partial charge is 0.294 e. The highest BCUT2D eigenvalue weighted by atomic mass is 35.5. The first-order valence-corrected chi connectivity index (χ1v) is 11.7. The Labute approximate surface area is 197 Å². The van der Waals surface area contributed by atoms with Crippen LogP contribution in [-0.2, 0) is 9.59 Å². The van der Waals surface area contributed by atoms with Crippen LogP contribution in [0.1, 0.15) is 38.2 Å². The Morgan fingerprint density at radius 2 is 1.94 bits per heavy atom. The third-order valence-electron chi connectivity index (χ3n) is 5.06. The number of terminal acetylenes is 1. The summed E-state index contributed by atoms with van der Waals surface area (Å²) in [5.41, 5.74) is 0.566. The highest BCUT2D eigenvalue weighted by molar-refractivity contribution is 8.18. The van der Waals surface area contributed by atoms with E-state index in [2.05, 4.69) is 5.92 Å². The fourth-order valence-electron chi connectivity index (χ4n) is 3.53. The molecule has 0 bridgehead atoms. The van der Waals surface area contributed by atoms with E-state index in [9.17, 15) is 14.4 Å². The Morgan fingerprint density at radius 3 is 2.59 bits per heavy atom. The van der Waals surface area contributed by atoms with Crippen molar-refractivity contribution in [3.63, 3.8) is 0 Å². The number of carbonyl (C=O) groups excluding carboxylic acids is 3. The first-order valence-electron chi connectivity index (χ1n) is 10.5. The van der Waals surface area contributed by atoms with Crippen molar-refractivity contribution in [2.75, 3.05) is 32.8 Å². The van der Waals surface area contributed by atoms with Gasteiger partial charge in [-0.05, 0) is 55.3 Å². The lowest BCUT2D eigenvalue weighted by Crippen LogP contribution is -2.42. The van der Waals surface area contributed by atoms with Crippen LogP contribution < -0.4 is 9.47 Å². The van der Waals surface area contributed by atoms with E-state index in [0.29, 0.717) is 36.8 Å². The summed E-state index contributed by atoms with van der Waals surface area (Å²) in [6.45, 7) is 3.31. The number of imide groups is 1. The maximum absolute atomic E-state index is 12.8. The minimum Gasteiger partial charge on any atom is -0.490 e. The van der Waals surface area contributed by atoms with Gasteiger partial charge in [0.2, 0.25) is 5.91 Å². The van der Waals surface area contributed by atoms with Gasteiger partial charge in [-0.3, -0.25) is 19.3 Å². The van der Waals surface area contributed by atoms with Gasteiger partial charge in [0, 0.05) is 13.1 Å². The molecular formula is C23H25ClN2O5S. The molecule has 0 radical (unpaired) electrons. The summed E-state index contributed by atoms with van der Waals surface area (Å²) in [7, 11) is 0. The van der Waals surface area contributed by atoms with Crippen LogP contribution in [0.5, 0.6) is 11.5 Å². The Bertz CT molecular complexity index is 964. The second-order valence-corrected chi connectivity index (χ2v) is 8.72. The number of nitrogens with zero attached hydrogens (tertiary/aromatic N) is 2. The zero-order chi connectivity index (χ0) is 23.1. The first kappa shape index (κ1) is 24.0. The molecule has 9 heteroatoms. The summed E-state index contributed by atoms with van der Waals surface area (Å²) in [6.07, 6.45) is 10.9. The number of thioether (sulfide) groups is 1. The molecule has 0 N–H and O–H groups in total. The number of ether oxygens (including phenoxy) is 2. The molecule has 2 aliphatic rings. The molecule has 3 rings (SSSR count). The lowest BCUT2D eigenvalue weighted by Gasteiger charge is -2.22. The summed E-state index contributed by atoms with van der Waals surface area (Å²) in [5, 5.41) is -0.192. The Morgan fingerprint density at radius 1 is 1.22 bits per heavy atom. The summed E-state index contributed by atoms with van der Waals surface area (Å²) in [4.78, 5) is 40.9. The van der Waals surface area contributed by atoms with Crippen LogP contribution in [0.2, 0.25) is 5.02 Å². The Hall–Kier alpha value is -2.63. The average Bonchev–Trinajstić information content (AvgIpc) is 2.96. The zero-order valence-corrected chi connectivity index (χ0v) is 19.5. The molecule has 0 saturated carbocycles. The van der Waals surface area contributed by atoms with Crippen LogP contribution in [0.3, 0.4) is 0 Å². The van der Waals surface area contributed by atoms with E-state index in [4.69, 9.17) is 27.5 Å². The Balaban J connectivity index is 1.77. The van der Waals surface area contributed by atoms with Gasteiger partial charge in [0.15, 0.2) is 11.5 Å². The molecule has 0 aliphatic carbocycles. The van der Waals surface area contributed by atoms with Crippen molar-refractivity contribution in [3.8, 4) is 23.8 Å². The molecule has 1 aromatic carbocycles. The van der Waals surface area contributed by atoms with Crippen molar-refractivity contribution in [1.29, 1.82) is 0 Å². The number of halogens is 1. The number of rotatable bonds is 7. The SMILES string of the molecule is C#CCOc1c(Cl)cc(C=C2SC(=O)N(CC(=O)N3CCCCCC3)C2=O)cc1OCC. The van der Waals surface area contributed by atoms with Crippen molar-refractivity contribution in [1.82, 2.24) is 9.80 Å². The second-order valence-electron chi connectivity index (χ2n) is 7.32. The zero-order valence-electron chi connectivity index (χ0n) is 17.9. The van der Waals surface area contributed by atoms with Gasteiger partial charge in [-0.1, -0.05) is 30.4 Å². The number of amides is 3. The van der Waals surface area contributed by atoms with E-state index in [0.717, 1.165) is 42.3 Å². The van der Waals surface area contributed by atoms with E-state index in [-0.39, 0.29) is 29.0 Å². The predicted octanol–water partition coefficient (Wildman–Crippen LogP) is 4.19. The fraction of sp³-hybridized carbons (Fsp3) is 0.435.